The van der Waals surface area contributed by atoms with Crippen LogP contribution in [0.25, 0.3) is 11.3 Å². The molecule has 1 aliphatic rings. The third-order valence-corrected chi connectivity index (χ3v) is 4.67. The minimum absolute atomic E-state index is 0.00294. The van der Waals surface area contributed by atoms with Gasteiger partial charge in [-0.1, -0.05) is 53.7 Å². The molecule has 1 atom stereocenters. The molecule has 4 rings (SSSR count). The summed E-state index contributed by atoms with van der Waals surface area (Å²) in [5.74, 6) is 0.174. The van der Waals surface area contributed by atoms with Crippen molar-refractivity contribution in [3.63, 3.8) is 0 Å². The lowest BCUT2D eigenvalue weighted by Crippen LogP contribution is -2.37. The molecule has 1 aliphatic heterocycles. The fourth-order valence-electron chi connectivity index (χ4n) is 3.35. The van der Waals surface area contributed by atoms with E-state index in [1.807, 2.05) is 60.7 Å². The molecule has 3 aromatic rings. The highest BCUT2D eigenvalue weighted by Gasteiger charge is 2.33. The van der Waals surface area contributed by atoms with E-state index in [1.54, 1.807) is 11.8 Å². The van der Waals surface area contributed by atoms with Crippen LogP contribution in [0, 0.1) is 6.92 Å². The number of carbonyl (C=O) groups excluding carboxylic acids is 2. The highest BCUT2D eigenvalue weighted by atomic mass is 16.5. The fraction of sp³-hybridized carbons (Fsp3) is 0.190. The average Bonchev–Trinajstić information content (AvgIpc) is 3.25. The van der Waals surface area contributed by atoms with Gasteiger partial charge in [-0.3, -0.25) is 9.59 Å². The molecule has 6 heteroatoms. The smallest absolute Gasteiger partial charge is 0.257 e. The fourth-order valence-corrected chi connectivity index (χ4v) is 3.35. The summed E-state index contributed by atoms with van der Waals surface area (Å²) < 4.78 is 5.26. The summed E-state index contributed by atoms with van der Waals surface area (Å²) in [6.45, 7) is 2.16. The summed E-state index contributed by atoms with van der Waals surface area (Å²) in [6.07, 6.45) is 0.269. The van der Waals surface area contributed by atoms with Gasteiger partial charge in [0.2, 0.25) is 5.91 Å². The van der Waals surface area contributed by atoms with E-state index in [1.165, 1.54) is 0 Å². The van der Waals surface area contributed by atoms with Crippen molar-refractivity contribution in [2.45, 2.75) is 19.4 Å². The molecule has 2 amide bonds. The number of benzene rings is 2. The number of hydrogen-bond acceptors (Lipinski definition) is 4. The number of nitrogens with one attached hydrogen (secondary N) is 1. The molecule has 1 aromatic heterocycles. The molecule has 1 fully saturated rings. The number of hydrogen-bond donors (Lipinski definition) is 1. The lowest BCUT2D eigenvalue weighted by Gasteiger charge is -2.17. The molecule has 1 unspecified atom stereocenters. The summed E-state index contributed by atoms with van der Waals surface area (Å²) in [6, 6.07) is 18.6. The first kappa shape index (κ1) is 17.0. The Morgan fingerprint density at radius 1 is 1.11 bits per heavy atom. The van der Waals surface area contributed by atoms with Crippen LogP contribution < -0.4 is 10.2 Å². The summed E-state index contributed by atoms with van der Waals surface area (Å²) in [4.78, 5) is 26.9. The van der Waals surface area contributed by atoms with Crippen LogP contribution in [-0.2, 0) is 4.79 Å². The number of carbonyl (C=O) groups is 2. The van der Waals surface area contributed by atoms with E-state index in [-0.39, 0.29) is 24.3 Å². The highest BCUT2D eigenvalue weighted by molar-refractivity contribution is 6.02. The maximum atomic E-state index is 12.9. The average molecular weight is 361 g/mol. The van der Waals surface area contributed by atoms with E-state index >= 15 is 0 Å². The van der Waals surface area contributed by atoms with Crippen LogP contribution in [0.15, 0.2) is 65.2 Å². The van der Waals surface area contributed by atoms with E-state index in [4.69, 9.17) is 4.52 Å². The summed E-state index contributed by atoms with van der Waals surface area (Å²) in [7, 11) is 0. The molecule has 0 radical (unpaired) electrons. The van der Waals surface area contributed by atoms with Gasteiger partial charge in [0.1, 0.15) is 17.0 Å². The number of anilines is 1. The van der Waals surface area contributed by atoms with Gasteiger partial charge in [-0.2, -0.15) is 0 Å². The van der Waals surface area contributed by atoms with Crippen LogP contribution in [0.3, 0.4) is 0 Å². The molecule has 27 heavy (non-hydrogen) atoms. The molecule has 0 spiro atoms. The number of para-hydroxylation sites is 1. The molecule has 1 saturated heterocycles. The zero-order valence-corrected chi connectivity index (χ0v) is 14.9. The predicted octanol–water partition coefficient (Wildman–Crippen LogP) is 3.19. The SMILES string of the molecule is Cc1onc(-c2ccccc2)c1C(=O)NC1CC(=O)N(c2ccccc2)C1. The first-order chi connectivity index (χ1) is 13.1. The first-order valence-corrected chi connectivity index (χ1v) is 8.81. The molecule has 0 bridgehead atoms. The Balaban J connectivity index is 1.53. The van der Waals surface area contributed by atoms with Gasteiger partial charge < -0.3 is 14.7 Å². The Hall–Kier alpha value is -3.41. The van der Waals surface area contributed by atoms with Crippen molar-refractivity contribution in [3.05, 3.63) is 72.0 Å². The summed E-state index contributed by atoms with van der Waals surface area (Å²) >= 11 is 0. The molecule has 136 valence electrons. The summed E-state index contributed by atoms with van der Waals surface area (Å²) in [5.41, 5.74) is 2.57. The molecule has 0 saturated carbocycles. The van der Waals surface area contributed by atoms with Gasteiger partial charge in [0, 0.05) is 24.2 Å². The number of rotatable bonds is 4. The van der Waals surface area contributed by atoms with Crippen molar-refractivity contribution in [2.24, 2.45) is 0 Å². The van der Waals surface area contributed by atoms with E-state index < -0.39 is 0 Å². The zero-order valence-electron chi connectivity index (χ0n) is 14.9. The molecular formula is C21H19N3O3. The van der Waals surface area contributed by atoms with Crippen LogP contribution in [0.2, 0.25) is 0 Å². The number of amides is 2. The maximum absolute atomic E-state index is 12.9. The molecule has 2 heterocycles. The van der Waals surface area contributed by atoms with Crippen LogP contribution >= 0.6 is 0 Å². The quantitative estimate of drug-likeness (QED) is 0.774. The lowest BCUT2D eigenvalue weighted by atomic mass is 10.1. The largest absolute Gasteiger partial charge is 0.360 e. The molecule has 1 N–H and O–H groups in total. The first-order valence-electron chi connectivity index (χ1n) is 8.81. The van der Waals surface area contributed by atoms with E-state index in [9.17, 15) is 9.59 Å². The monoisotopic (exact) mass is 361 g/mol. The Kier molecular flexibility index (Phi) is 4.46. The minimum atomic E-state index is -0.277. The van der Waals surface area contributed by atoms with Crippen molar-refractivity contribution >= 4 is 17.5 Å². The highest BCUT2D eigenvalue weighted by Crippen LogP contribution is 2.26. The van der Waals surface area contributed by atoms with Crippen LogP contribution in [0.4, 0.5) is 5.69 Å². The minimum Gasteiger partial charge on any atom is -0.360 e. The number of nitrogens with zero attached hydrogens (tertiary/aromatic N) is 2. The van der Waals surface area contributed by atoms with Crippen molar-refractivity contribution in [2.75, 3.05) is 11.4 Å². The van der Waals surface area contributed by atoms with Crippen LogP contribution in [0.1, 0.15) is 22.5 Å². The van der Waals surface area contributed by atoms with Gasteiger partial charge >= 0.3 is 0 Å². The van der Waals surface area contributed by atoms with Gasteiger partial charge in [-0.15, -0.1) is 0 Å². The van der Waals surface area contributed by atoms with E-state index in [2.05, 4.69) is 10.5 Å². The maximum Gasteiger partial charge on any atom is 0.257 e. The molecule has 6 nitrogen and oxygen atoms in total. The van der Waals surface area contributed by atoms with Gasteiger partial charge in [0.15, 0.2) is 0 Å². The Morgan fingerprint density at radius 2 is 1.78 bits per heavy atom. The Morgan fingerprint density at radius 3 is 2.48 bits per heavy atom. The van der Waals surface area contributed by atoms with Gasteiger partial charge in [0.05, 0.1) is 6.04 Å². The Bertz CT molecular complexity index is 967. The third kappa shape index (κ3) is 3.33. The van der Waals surface area contributed by atoms with E-state index in [0.29, 0.717) is 23.6 Å². The molecule has 0 aliphatic carbocycles. The van der Waals surface area contributed by atoms with E-state index in [0.717, 1.165) is 11.3 Å². The van der Waals surface area contributed by atoms with Crippen LogP contribution in [0.5, 0.6) is 0 Å². The normalized spacial score (nSPS) is 16.6. The second-order valence-electron chi connectivity index (χ2n) is 6.54. The van der Waals surface area contributed by atoms with Crippen molar-refractivity contribution in [1.82, 2.24) is 10.5 Å². The topological polar surface area (TPSA) is 75.4 Å². The number of aromatic nitrogens is 1. The second-order valence-corrected chi connectivity index (χ2v) is 6.54. The Labute approximate surface area is 156 Å². The van der Waals surface area contributed by atoms with Crippen molar-refractivity contribution < 1.29 is 14.1 Å². The van der Waals surface area contributed by atoms with Crippen molar-refractivity contribution in [1.29, 1.82) is 0 Å². The lowest BCUT2D eigenvalue weighted by molar-refractivity contribution is -0.117. The summed E-state index contributed by atoms with van der Waals surface area (Å²) in [5, 5.41) is 7.01. The van der Waals surface area contributed by atoms with Crippen molar-refractivity contribution in [3.8, 4) is 11.3 Å². The van der Waals surface area contributed by atoms with Gasteiger partial charge in [-0.05, 0) is 19.1 Å². The van der Waals surface area contributed by atoms with Gasteiger partial charge in [-0.25, -0.2) is 0 Å². The number of aryl methyl sites for hydroxylation is 1. The standard InChI is InChI=1S/C21H19N3O3/c1-14-19(20(23-27-14)15-8-4-2-5-9-15)21(26)22-16-12-18(25)24(13-16)17-10-6-3-7-11-17/h2-11,16H,12-13H2,1H3,(H,22,26). The predicted molar refractivity (Wildman–Crippen MR) is 101 cm³/mol. The molecule has 2 aromatic carbocycles. The van der Waals surface area contributed by atoms with Gasteiger partial charge in [0.25, 0.3) is 5.91 Å². The second kappa shape index (κ2) is 7.07. The van der Waals surface area contributed by atoms with Crippen LogP contribution in [-0.4, -0.2) is 29.6 Å². The third-order valence-electron chi connectivity index (χ3n) is 4.67. The molecular weight excluding hydrogens is 342 g/mol. The zero-order chi connectivity index (χ0) is 18.8.